The van der Waals surface area contributed by atoms with E-state index in [1.807, 2.05) is 49.4 Å². The Balaban J connectivity index is 1.79. The van der Waals surface area contributed by atoms with Crippen molar-refractivity contribution in [1.29, 1.82) is 0 Å². The van der Waals surface area contributed by atoms with Crippen molar-refractivity contribution in [3.8, 4) is 11.3 Å². The first kappa shape index (κ1) is 16.0. The molecule has 0 spiro atoms. The highest BCUT2D eigenvalue weighted by atomic mass is 16.3. The average molecular weight is 343 g/mol. The van der Waals surface area contributed by atoms with Gasteiger partial charge in [-0.15, -0.1) is 0 Å². The van der Waals surface area contributed by atoms with Crippen LogP contribution in [0.15, 0.2) is 71.6 Å². The van der Waals surface area contributed by atoms with Crippen molar-refractivity contribution in [2.45, 2.75) is 13.5 Å². The molecule has 0 bridgehead atoms. The summed E-state index contributed by atoms with van der Waals surface area (Å²) in [6, 6.07) is 15.1. The van der Waals surface area contributed by atoms with E-state index in [4.69, 9.17) is 9.40 Å². The number of nitrogens with zero attached hydrogens (tertiary/aromatic N) is 2. The maximum atomic E-state index is 12.9. The fourth-order valence-corrected chi connectivity index (χ4v) is 2.92. The lowest BCUT2D eigenvalue weighted by atomic mass is 10.0. The van der Waals surface area contributed by atoms with E-state index in [9.17, 15) is 4.79 Å². The number of hydrogen-bond donors (Lipinski definition) is 1. The van der Waals surface area contributed by atoms with E-state index >= 15 is 0 Å². The van der Waals surface area contributed by atoms with Crippen LogP contribution in [0.4, 0.5) is 0 Å². The highest BCUT2D eigenvalue weighted by Crippen LogP contribution is 2.26. The summed E-state index contributed by atoms with van der Waals surface area (Å²) in [4.78, 5) is 21.8. The number of aryl methyl sites for hydroxylation is 1. The van der Waals surface area contributed by atoms with Gasteiger partial charge in [-0.3, -0.25) is 9.78 Å². The molecule has 0 aliphatic heterocycles. The van der Waals surface area contributed by atoms with Crippen molar-refractivity contribution in [2.24, 2.45) is 0 Å². The van der Waals surface area contributed by atoms with Gasteiger partial charge in [0, 0.05) is 23.3 Å². The first-order chi connectivity index (χ1) is 12.7. The first-order valence-corrected chi connectivity index (χ1v) is 8.34. The van der Waals surface area contributed by atoms with Crippen LogP contribution in [0.25, 0.3) is 22.2 Å². The summed E-state index contributed by atoms with van der Waals surface area (Å²) in [6.45, 7) is 2.33. The van der Waals surface area contributed by atoms with E-state index < -0.39 is 0 Å². The second-order valence-electron chi connectivity index (χ2n) is 6.03. The molecule has 0 unspecified atom stereocenters. The van der Waals surface area contributed by atoms with Gasteiger partial charge in [0.15, 0.2) is 0 Å². The molecule has 0 aliphatic carbocycles. The van der Waals surface area contributed by atoms with Crippen molar-refractivity contribution in [3.05, 3.63) is 84.1 Å². The van der Waals surface area contributed by atoms with Gasteiger partial charge in [-0.2, -0.15) is 0 Å². The van der Waals surface area contributed by atoms with Crippen LogP contribution in [0.3, 0.4) is 0 Å². The van der Waals surface area contributed by atoms with Gasteiger partial charge in [0.05, 0.1) is 29.6 Å². The molecule has 0 saturated heterocycles. The fourth-order valence-electron chi connectivity index (χ4n) is 2.92. The Kier molecular flexibility index (Phi) is 4.19. The minimum atomic E-state index is -0.162. The molecule has 1 aromatic carbocycles. The number of aromatic nitrogens is 2. The normalized spacial score (nSPS) is 10.8. The maximum absolute atomic E-state index is 12.9. The molecule has 4 rings (SSSR count). The summed E-state index contributed by atoms with van der Waals surface area (Å²) in [5.74, 6) is 0.546. The molecule has 0 saturated carbocycles. The minimum Gasteiger partial charge on any atom is -0.467 e. The van der Waals surface area contributed by atoms with Crippen LogP contribution in [0.2, 0.25) is 0 Å². The lowest BCUT2D eigenvalue weighted by Gasteiger charge is -2.11. The van der Waals surface area contributed by atoms with Gasteiger partial charge < -0.3 is 9.73 Å². The molecule has 0 radical (unpaired) electrons. The molecule has 1 amide bonds. The lowest BCUT2D eigenvalue weighted by Crippen LogP contribution is -2.23. The predicted molar refractivity (Wildman–Crippen MR) is 99.6 cm³/mol. The summed E-state index contributed by atoms with van der Waals surface area (Å²) in [6.07, 6.45) is 5.05. The van der Waals surface area contributed by atoms with Crippen molar-refractivity contribution in [1.82, 2.24) is 15.3 Å². The molecule has 0 aliphatic rings. The largest absolute Gasteiger partial charge is 0.467 e. The van der Waals surface area contributed by atoms with E-state index in [0.717, 1.165) is 27.7 Å². The third kappa shape index (κ3) is 3.07. The Morgan fingerprint density at radius 3 is 2.85 bits per heavy atom. The monoisotopic (exact) mass is 343 g/mol. The first-order valence-electron chi connectivity index (χ1n) is 8.34. The van der Waals surface area contributed by atoms with E-state index in [1.165, 1.54) is 0 Å². The molecule has 3 aromatic heterocycles. The molecular weight excluding hydrogens is 326 g/mol. The topological polar surface area (TPSA) is 68.0 Å². The molecular formula is C21H17N3O2. The second kappa shape index (κ2) is 6.80. The summed E-state index contributed by atoms with van der Waals surface area (Å²) < 4.78 is 5.28. The van der Waals surface area contributed by atoms with Crippen LogP contribution in [0.5, 0.6) is 0 Å². The number of carbonyl (C=O) groups excluding carboxylic acids is 1. The molecule has 5 nitrogen and oxygen atoms in total. The molecule has 0 atom stereocenters. The van der Waals surface area contributed by atoms with Crippen LogP contribution < -0.4 is 5.32 Å². The second-order valence-corrected chi connectivity index (χ2v) is 6.03. The van der Waals surface area contributed by atoms with Gasteiger partial charge in [-0.1, -0.05) is 18.2 Å². The zero-order valence-corrected chi connectivity index (χ0v) is 14.3. The van der Waals surface area contributed by atoms with E-state index in [0.29, 0.717) is 17.9 Å². The molecule has 0 fully saturated rings. The molecule has 3 heterocycles. The van der Waals surface area contributed by atoms with Gasteiger partial charge in [-0.25, -0.2) is 4.98 Å². The maximum Gasteiger partial charge on any atom is 0.252 e. The molecule has 1 N–H and O–H groups in total. The Morgan fingerprint density at radius 1 is 1.15 bits per heavy atom. The zero-order valence-electron chi connectivity index (χ0n) is 14.3. The smallest absolute Gasteiger partial charge is 0.252 e. The number of benzene rings is 1. The van der Waals surface area contributed by atoms with Crippen LogP contribution in [0, 0.1) is 6.92 Å². The Morgan fingerprint density at radius 2 is 2.08 bits per heavy atom. The number of hydrogen-bond acceptors (Lipinski definition) is 4. The number of pyridine rings is 2. The van der Waals surface area contributed by atoms with Gasteiger partial charge in [-0.05, 0) is 42.8 Å². The van der Waals surface area contributed by atoms with Crippen molar-refractivity contribution in [3.63, 3.8) is 0 Å². The lowest BCUT2D eigenvalue weighted by molar-refractivity contribution is 0.0949. The molecule has 26 heavy (non-hydrogen) atoms. The Hall–Kier alpha value is -3.47. The number of amides is 1. The summed E-state index contributed by atoms with van der Waals surface area (Å²) in [5.41, 5.74) is 4.02. The third-order valence-corrected chi connectivity index (χ3v) is 4.25. The van der Waals surface area contributed by atoms with E-state index in [2.05, 4.69) is 10.3 Å². The molecule has 128 valence electrons. The third-order valence-electron chi connectivity index (χ3n) is 4.25. The zero-order chi connectivity index (χ0) is 17.9. The van der Waals surface area contributed by atoms with Gasteiger partial charge >= 0.3 is 0 Å². The standard InChI is InChI=1S/C21H17N3O2/c1-14-5-2-8-17-18(21(25)23-13-16-7-4-10-26-16)11-19(24-20(14)17)15-6-3-9-22-12-15/h2-12H,13H2,1H3,(H,23,25). The van der Waals surface area contributed by atoms with Gasteiger partial charge in [0.2, 0.25) is 0 Å². The van der Waals surface area contributed by atoms with Gasteiger partial charge in [0.1, 0.15) is 5.76 Å². The number of carbonyl (C=O) groups is 1. The van der Waals surface area contributed by atoms with Crippen molar-refractivity contribution >= 4 is 16.8 Å². The van der Waals surface area contributed by atoms with Crippen LogP contribution in [-0.2, 0) is 6.54 Å². The number of fused-ring (bicyclic) bond motifs is 1. The summed E-state index contributed by atoms with van der Waals surface area (Å²) >= 11 is 0. The Labute approximate surface area is 150 Å². The number of rotatable bonds is 4. The van der Waals surface area contributed by atoms with Gasteiger partial charge in [0.25, 0.3) is 5.91 Å². The Bertz CT molecular complexity index is 1060. The number of para-hydroxylation sites is 1. The summed E-state index contributed by atoms with van der Waals surface area (Å²) in [7, 11) is 0. The summed E-state index contributed by atoms with van der Waals surface area (Å²) in [5, 5.41) is 3.74. The number of nitrogens with one attached hydrogen (secondary N) is 1. The number of furan rings is 1. The van der Waals surface area contributed by atoms with Crippen molar-refractivity contribution < 1.29 is 9.21 Å². The van der Waals surface area contributed by atoms with Crippen LogP contribution >= 0.6 is 0 Å². The van der Waals surface area contributed by atoms with E-state index in [-0.39, 0.29) is 5.91 Å². The average Bonchev–Trinajstić information content (AvgIpc) is 3.20. The minimum absolute atomic E-state index is 0.162. The SMILES string of the molecule is Cc1cccc2c(C(=O)NCc3ccco3)cc(-c3cccnc3)nc12. The molecule has 4 aromatic rings. The van der Waals surface area contributed by atoms with Crippen molar-refractivity contribution in [2.75, 3.05) is 0 Å². The van der Waals surface area contributed by atoms with E-state index in [1.54, 1.807) is 24.7 Å². The highest BCUT2D eigenvalue weighted by Gasteiger charge is 2.15. The molecule has 5 heteroatoms. The fraction of sp³-hybridized carbons (Fsp3) is 0.0952. The van der Waals surface area contributed by atoms with Crippen LogP contribution in [-0.4, -0.2) is 15.9 Å². The predicted octanol–water partition coefficient (Wildman–Crippen LogP) is 4.13. The van der Waals surface area contributed by atoms with Crippen LogP contribution in [0.1, 0.15) is 21.7 Å². The quantitative estimate of drug-likeness (QED) is 0.605. The highest BCUT2D eigenvalue weighted by molar-refractivity contribution is 6.07.